The Bertz CT molecular complexity index is 867. The van der Waals surface area contributed by atoms with Crippen LogP contribution in [0.3, 0.4) is 0 Å². The Hall–Kier alpha value is -2.58. The molecule has 3 rings (SSSR count). The van der Waals surface area contributed by atoms with Gasteiger partial charge in [-0.3, -0.25) is 4.79 Å². The molecule has 0 saturated carbocycles. The van der Waals surface area contributed by atoms with E-state index in [2.05, 4.69) is 20.5 Å². The van der Waals surface area contributed by atoms with Gasteiger partial charge < -0.3 is 0 Å². The zero-order valence-corrected chi connectivity index (χ0v) is 13.9. The van der Waals surface area contributed by atoms with Gasteiger partial charge in [-0.05, 0) is 48.2 Å². The molecular formula is C16H11FN4OS2. The van der Waals surface area contributed by atoms with Crippen molar-refractivity contribution in [3.63, 3.8) is 0 Å². The van der Waals surface area contributed by atoms with Crippen molar-refractivity contribution >= 4 is 35.2 Å². The number of thiophene rings is 1. The van der Waals surface area contributed by atoms with Crippen LogP contribution in [0, 0.1) is 5.82 Å². The van der Waals surface area contributed by atoms with Crippen molar-refractivity contribution in [2.45, 2.75) is 9.37 Å². The first kappa shape index (κ1) is 16.3. The fourth-order valence-corrected chi connectivity index (χ4v) is 3.57. The van der Waals surface area contributed by atoms with E-state index in [1.54, 1.807) is 18.5 Å². The lowest BCUT2D eigenvalue weighted by atomic mass is 10.2. The molecule has 2 heterocycles. The Labute approximate surface area is 145 Å². The molecule has 3 aromatic rings. The standard InChI is InChI=1S/C16H11FN4OS2/c17-12-4-1-3-11(9-12)15(22)21-20-10-13-5-6-14(23-13)24-16-18-7-2-8-19-16/h1-10H,(H,21,22)/b20-10+. The van der Waals surface area contributed by atoms with Gasteiger partial charge in [0.2, 0.25) is 0 Å². The van der Waals surface area contributed by atoms with Gasteiger partial charge in [0.15, 0.2) is 5.16 Å². The van der Waals surface area contributed by atoms with Crippen LogP contribution in [-0.4, -0.2) is 22.1 Å². The van der Waals surface area contributed by atoms with Crippen LogP contribution in [0.25, 0.3) is 0 Å². The highest BCUT2D eigenvalue weighted by Gasteiger charge is 2.05. The van der Waals surface area contributed by atoms with Crippen molar-refractivity contribution in [1.82, 2.24) is 15.4 Å². The molecule has 2 aromatic heterocycles. The van der Waals surface area contributed by atoms with E-state index in [9.17, 15) is 9.18 Å². The van der Waals surface area contributed by atoms with Crippen molar-refractivity contribution in [2.75, 3.05) is 0 Å². The molecule has 1 amide bonds. The average molecular weight is 358 g/mol. The van der Waals surface area contributed by atoms with Crippen molar-refractivity contribution < 1.29 is 9.18 Å². The van der Waals surface area contributed by atoms with Crippen LogP contribution in [0.15, 0.2) is 69.3 Å². The number of carbonyl (C=O) groups excluding carboxylic acids is 1. The zero-order valence-electron chi connectivity index (χ0n) is 12.2. The van der Waals surface area contributed by atoms with Gasteiger partial charge >= 0.3 is 0 Å². The number of benzene rings is 1. The highest BCUT2D eigenvalue weighted by molar-refractivity contribution is 8.01. The summed E-state index contributed by atoms with van der Waals surface area (Å²) in [5.74, 6) is -0.927. The summed E-state index contributed by atoms with van der Waals surface area (Å²) < 4.78 is 14.1. The fourth-order valence-electron chi connectivity index (χ4n) is 1.74. The molecule has 120 valence electrons. The number of halogens is 1. The first-order valence-corrected chi connectivity index (χ1v) is 8.48. The molecule has 1 N–H and O–H groups in total. The van der Waals surface area contributed by atoms with Crippen LogP contribution >= 0.6 is 23.1 Å². The van der Waals surface area contributed by atoms with E-state index < -0.39 is 11.7 Å². The summed E-state index contributed by atoms with van der Waals surface area (Å²) in [5, 5.41) is 4.56. The summed E-state index contributed by atoms with van der Waals surface area (Å²) in [6.45, 7) is 0. The summed E-state index contributed by atoms with van der Waals surface area (Å²) in [4.78, 5) is 21.0. The highest BCUT2D eigenvalue weighted by atomic mass is 32.2. The molecular weight excluding hydrogens is 347 g/mol. The lowest BCUT2D eigenvalue weighted by Crippen LogP contribution is -2.17. The summed E-state index contributed by atoms with van der Waals surface area (Å²) >= 11 is 2.95. The van der Waals surface area contributed by atoms with Gasteiger partial charge in [0.1, 0.15) is 5.82 Å². The van der Waals surface area contributed by atoms with Crippen molar-refractivity contribution in [2.24, 2.45) is 5.10 Å². The third-order valence-electron chi connectivity index (χ3n) is 2.78. The lowest BCUT2D eigenvalue weighted by Gasteiger charge is -1.99. The number of amides is 1. The van der Waals surface area contributed by atoms with Crippen LogP contribution < -0.4 is 5.43 Å². The summed E-state index contributed by atoms with van der Waals surface area (Å²) in [7, 11) is 0. The van der Waals surface area contributed by atoms with Gasteiger partial charge in [0.05, 0.1) is 10.4 Å². The van der Waals surface area contributed by atoms with E-state index in [-0.39, 0.29) is 5.56 Å². The van der Waals surface area contributed by atoms with Crippen LogP contribution in [0.2, 0.25) is 0 Å². The molecule has 24 heavy (non-hydrogen) atoms. The van der Waals surface area contributed by atoms with E-state index in [0.717, 1.165) is 15.2 Å². The monoisotopic (exact) mass is 358 g/mol. The van der Waals surface area contributed by atoms with Crippen LogP contribution in [0.5, 0.6) is 0 Å². The number of hydrazone groups is 1. The maximum Gasteiger partial charge on any atom is 0.271 e. The number of nitrogens with zero attached hydrogens (tertiary/aromatic N) is 3. The third kappa shape index (κ3) is 4.46. The van der Waals surface area contributed by atoms with E-state index in [1.165, 1.54) is 47.5 Å². The SMILES string of the molecule is O=C(N/N=C/c1ccc(Sc2ncccn2)s1)c1cccc(F)c1. The largest absolute Gasteiger partial charge is 0.271 e. The number of nitrogens with one attached hydrogen (secondary N) is 1. The lowest BCUT2D eigenvalue weighted by molar-refractivity contribution is 0.0954. The maximum absolute atomic E-state index is 13.1. The molecule has 1 aromatic carbocycles. The molecule has 8 heteroatoms. The first-order valence-electron chi connectivity index (χ1n) is 6.84. The van der Waals surface area contributed by atoms with E-state index in [4.69, 9.17) is 0 Å². The smallest absolute Gasteiger partial charge is 0.267 e. The van der Waals surface area contributed by atoms with Crippen molar-refractivity contribution in [3.8, 4) is 0 Å². The van der Waals surface area contributed by atoms with Gasteiger partial charge in [0, 0.05) is 22.8 Å². The second kappa shape index (κ2) is 7.80. The Morgan fingerprint density at radius 2 is 2.04 bits per heavy atom. The summed E-state index contributed by atoms with van der Waals surface area (Å²) in [5.41, 5.74) is 2.59. The second-order valence-corrected chi connectivity index (χ2v) is 6.88. The topological polar surface area (TPSA) is 67.2 Å². The molecule has 0 unspecified atom stereocenters. The minimum Gasteiger partial charge on any atom is -0.267 e. The Morgan fingerprint density at radius 3 is 2.83 bits per heavy atom. The number of carbonyl (C=O) groups is 1. The Balaban J connectivity index is 1.58. The second-order valence-electron chi connectivity index (χ2n) is 4.50. The minimum absolute atomic E-state index is 0.218. The van der Waals surface area contributed by atoms with Crippen LogP contribution in [-0.2, 0) is 0 Å². The molecule has 0 aliphatic rings. The fraction of sp³-hybridized carbons (Fsp3) is 0. The van der Waals surface area contributed by atoms with Gasteiger partial charge in [0.25, 0.3) is 5.91 Å². The normalized spacial score (nSPS) is 10.9. The molecule has 0 radical (unpaired) electrons. The van der Waals surface area contributed by atoms with Crippen molar-refractivity contribution in [3.05, 3.63) is 71.1 Å². The molecule has 0 spiro atoms. The third-order valence-corrected chi connectivity index (χ3v) is 4.83. The average Bonchev–Trinajstić information content (AvgIpc) is 3.03. The van der Waals surface area contributed by atoms with Crippen LogP contribution in [0.1, 0.15) is 15.2 Å². The van der Waals surface area contributed by atoms with E-state index >= 15 is 0 Å². The van der Waals surface area contributed by atoms with Gasteiger partial charge in [-0.25, -0.2) is 19.8 Å². The van der Waals surface area contributed by atoms with Gasteiger partial charge in [-0.2, -0.15) is 5.10 Å². The minimum atomic E-state index is -0.463. The highest BCUT2D eigenvalue weighted by Crippen LogP contribution is 2.30. The van der Waals surface area contributed by atoms with Gasteiger partial charge in [-0.15, -0.1) is 11.3 Å². The molecule has 5 nitrogen and oxygen atoms in total. The van der Waals surface area contributed by atoms with E-state index in [0.29, 0.717) is 5.16 Å². The predicted octanol–water partition coefficient (Wildman–Crippen LogP) is 3.59. The Morgan fingerprint density at radius 1 is 1.21 bits per heavy atom. The number of aromatic nitrogens is 2. The van der Waals surface area contributed by atoms with Crippen LogP contribution in [0.4, 0.5) is 4.39 Å². The quantitative estimate of drug-likeness (QED) is 0.430. The molecule has 0 atom stereocenters. The Kier molecular flexibility index (Phi) is 5.29. The maximum atomic E-state index is 13.1. The first-order chi connectivity index (χ1) is 11.7. The summed E-state index contributed by atoms with van der Waals surface area (Å²) in [6, 6.07) is 11.0. The van der Waals surface area contributed by atoms with Gasteiger partial charge in [-0.1, -0.05) is 6.07 Å². The summed E-state index contributed by atoms with van der Waals surface area (Å²) in [6.07, 6.45) is 4.91. The number of hydrogen-bond acceptors (Lipinski definition) is 6. The number of rotatable bonds is 5. The number of hydrogen-bond donors (Lipinski definition) is 1. The molecule has 0 saturated heterocycles. The molecule has 0 bridgehead atoms. The predicted molar refractivity (Wildman–Crippen MR) is 91.9 cm³/mol. The molecule has 0 fully saturated rings. The molecule has 0 aliphatic carbocycles. The van der Waals surface area contributed by atoms with E-state index in [1.807, 2.05) is 12.1 Å². The zero-order chi connectivity index (χ0) is 16.8. The molecule has 0 aliphatic heterocycles. The van der Waals surface area contributed by atoms with Crippen molar-refractivity contribution in [1.29, 1.82) is 0 Å².